The lowest BCUT2D eigenvalue weighted by atomic mass is 9.96. The zero-order chi connectivity index (χ0) is 25.6. The molecule has 3 heterocycles. The number of carbonyl (C=O) groups is 3. The smallest absolute Gasteiger partial charge is 0.326 e. The molecule has 0 aliphatic carbocycles. The van der Waals surface area contributed by atoms with Crippen LogP contribution < -0.4 is 10.6 Å². The number of amides is 2. The van der Waals surface area contributed by atoms with Crippen molar-refractivity contribution in [1.29, 1.82) is 0 Å². The van der Waals surface area contributed by atoms with Crippen LogP contribution in [0.5, 0.6) is 0 Å². The van der Waals surface area contributed by atoms with Crippen LogP contribution in [0.4, 0.5) is 0 Å². The number of carbonyl (C=O) groups excluding carboxylic acids is 2. The van der Waals surface area contributed by atoms with Gasteiger partial charge in [-0.15, -0.1) is 0 Å². The highest BCUT2D eigenvalue weighted by molar-refractivity contribution is 5.92. The molecule has 0 aromatic carbocycles. The summed E-state index contributed by atoms with van der Waals surface area (Å²) in [5, 5.41) is 14.8. The average molecular weight is 487 g/mol. The number of fused-ring (bicyclic) bond motifs is 3. The number of hydrogen-bond acceptors (Lipinski definition) is 8. The Balaban J connectivity index is 1.76. The van der Waals surface area contributed by atoms with E-state index in [9.17, 15) is 19.5 Å². The van der Waals surface area contributed by atoms with Crippen LogP contribution in [-0.2, 0) is 38.1 Å². The monoisotopic (exact) mass is 486 g/mol. The van der Waals surface area contributed by atoms with Crippen LogP contribution in [0.2, 0.25) is 0 Å². The van der Waals surface area contributed by atoms with Gasteiger partial charge in [-0.05, 0) is 46.0 Å². The van der Waals surface area contributed by atoms with Gasteiger partial charge in [-0.25, -0.2) is 4.79 Å². The van der Waals surface area contributed by atoms with Crippen molar-refractivity contribution in [3.63, 3.8) is 0 Å². The van der Waals surface area contributed by atoms with E-state index in [1.54, 1.807) is 41.5 Å². The van der Waals surface area contributed by atoms with E-state index in [0.29, 0.717) is 0 Å². The summed E-state index contributed by atoms with van der Waals surface area (Å²) < 4.78 is 29.7. The van der Waals surface area contributed by atoms with E-state index in [0.717, 1.165) is 0 Å². The highest BCUT2D eigenvalue weighted by Gasteiger charge is 2.62. The van der Waals surface area contributed by atoms with Gasteiger partial charge in [-0.1, -0.05) is 27.7 Å². The predicted molar refractivity (Wildman–Crippen MR) is 118 cm³/mol. The molecule has 3 fully saturated rings. The minimum Gasteiger partial charge on any atom is -0.480 e. The Bertz CT molecular complexity index is 797. The molecule has 3 rings (SSSR count). The van der Waals surface area contributed by atoms with Crippen molar-refractivity contribution < 1.29 is 43.2 Å². The fraction of sp³-hybridized carbons (Fsp3) is 0.870. The molecule has 0 aromatic heterocycles. The maximum absolute atomic E-state index is 13.4. The van der Waals surface area contributed by atoms with Crippen LogP contribution in [0.25, 0.3) is 0 Å². The second-order valence-corrected chi connectivity index (χ2v) is 10.8. The van der Waals surface area contributed by atoms with Crippen LogP contribution in [0, 0.1) is 11.8 Å². The van der Waals surface area contributed by atoms with Crippen molar-refractivity contribution in [2.75, 3.05) is 0 Å². The van der Waals surface area contributed by atoms with Gasteiger partial charge in [0.25, 0.3) is 5.91 Å². The average Bonchev–Trinajstić information content (AvgIpc) is 3.17. The predicted octanol–water partition coefficient (Wildman–Crippen LogP) is 1.14. The van der Waals surface area contributed by atoms with E-state index >= 15 is 0 Å². The topological polar surface area (TPSA) is 142 Å². The first kappa shape index (κ1) is 26.8. The first-order valence-corrected chi connectivity index (χ1v) is 11.8. The molecular weight excluding hydrogens is 448 g/mol. The van der Waals surface area contributed by atoms with E-state index in [1.807, 2.05) is 13.8 Å². The number of hydrogen-bond donors (Lipinski definition) is 3. The molecule has 3 saturated heterocycles. The number of rotatable bonds is 8. The maximum atomic E-state index is 13.4. The van der Waals surface area contributed by atoms with Crippen LogP contribution in [-0.4, -0.2) is 77.3 Å². The highest BCUT2D eigenvalue weighted by Crippen LogP contribution is 2.44. The maximum Gasteiger partial charge on any atom is 0.326 e. The summed E-state index contributed by atoms with van der Waals surface area (Å²) in [4.78, 5) is 37.9. The fourth-order valence-electron chi connectivity index (χ4n) is 4.55. The molecular formula is C23H38N2O9. The lowest BCUT2D eigenvalue weighted by Crippen LogP contribution is -2.62. The van der Waals surface area contributed by atoms with Crippen LogP contribution in [0.3, 0.4) is 0 Å². The van der Waals surface area contributed by atoms with Crippen molar-refractivity contribution in [2.45, 2.75) is 116 Å². The van der Waals surface area contributed by atoms with Crippen molar-refractivity contribution in [3.8, 4) is 0 Å². The molecule has 0 bridgehead atoms. The molecule has 34 heavy (non-hydrogen) atoms. The third-order valence-electron chi connectivity index (χ3n) is 5.98. The van der Waals surface area contributed by atoms with Crippen molar-refractivity contribution in [3.05, 3.63) is 0 Å². The second-order valence-electron chi connectivity index (χ2n) is 10.8. The third kappa shape index (κ3) is 5.88. The molecule has 2 unspecified atom stereocenters. The molecule has 0 saturated carbocycles. The Hall–Kier alpha value is -1.79. The van der Waals surface area contributed by atoms with Crippen molar-refractivity contribution >= 4 is 17.8 Å². The molecule has 2 amide bonds. The Kier molecular flexibility index (Phi) is 7.64. The second kappa shape index (κ2) is 9.69. The fourth-order valence-corrected chi connectivity index (χ4v) is 4.55. The molecule has 3 aliphatic rings. The Morgan fingerprint density at radius 2 is 1.41 bits per heavy atom. The summed E-state index contributed by atoms with van der Waals surface area (Å²) >= 11 is 0. The van der Waals surface area contributed by atoms with Crippen LogP contribution >= 0.6 is 0 Å². The Morgan fingerprint density at radius 3 is 1.97 bits per heavy atom. The number of aliphatic carboxylic acids is 1. The zero-order valence-electron chi connectivity index (χ0n) is 21.1. The molecule has 7 atom stereocenters. The third-order valence-corrected chi connectivity index (χ3v) is 5.98. The molecule has 194 valence electrons. The summed E-state index contributed by atoms with van der Waals surface area (Å²) in [6.45, 7) is 14.2. The molecule has 3 N–H and O–H groups in total. The van der Waals surface area contributed by atoms with Gasteiger partial charge in [0, 0.05) is 0 Å². The highest BCUT2D eigenvalue weighted by atomic mass is 16.9. The zero-order valence-corrected chi connectivity index (χ0v) is 21.1. The first-order chi connectivity index (χ1) is 15.6. The Labute approximate surface area is 200 Å². The van der Waals surface area contributed by atoms with E-state index in [4.69, 9.17) is 23.7 Å². The van der Waals surface area contributed by atoms with Crippen molar-refractivity contribution in [1.82, 2.24) is 10.6 Å². The summed E-state index contributed by atoms with van der Waals surface area (Å²) in [6, 6.07) is -2.03. The summed E-state index contributed by atoms with van der Waals surface area (Å²) in [6.07, 6.45) is -3.67. The summed E-state index contributed by atoms with van der Waals surface area (Å²) in [5.74, 6) is -4.42. The molecule has 11 nitrogen and oxygen atoms in total. The first-order valence-electron chi connectivity index (χ1n) is 11.8. The normalized spacial score (nSPS) is 33.2. The minimum absolute atomic E-state index is 0.0646. The van der Waals surface area contributed by atoms with Crippen LogP contribution in [0.15, 0.2) is 0 Å². The quantitative estimate of drug-likeness (QED) is 0.460. The number of carboxylic acids is 1. The van der Waals surface area contributed by atoms with Crippen LogP contribution in [0.1, 0.15) is 61.8 Å². The summed E-state index contributed by atoms with van der Waals surface area (Å²) in [5.41, 5.74) is 0. The summed E-state index contributed by atoms with van der Waals surface area (Å²) in [7, 11) is 0. The van der Waals surface area contributed by atoms with Crippen molar-refractivity contribution in [2.24, 2.45) is 11.8 Å². The molecule has 0 radical (unpaired) electrons. The Morgan fingerprint density at radius 1 is 0.853 bits per heavy atom. The molecule has 11 heteroatoms. The standard InChI is InChI=1S/C23H38N2O9/c1-10(2)9-12(20(28)29)24-18(26)13(11(3)4)25-19(27)16-14-15(32-22(5,6)31-14)17-21(30-16)34-23(7,8)33-17/h10-17,21H,9H2,1-8H3,(H,24,26)(H,25,27)(H,28,29)/t12?,13?,14-,15+,16+,17-,21-/m1/s1. The van der Waals surface area contributed by atoms with E-state index in [-0.39, 0.29) is 18.3 Å². The van der Waals surface area contributed by atoms with Gasteiger partial charge in [0.05, 0.1) is 0 Å². The van der Waals surface area contributed by atoms with Gasteiger partial charge in [-0.3, -0.25) is 9.59 Å². The molecule has 0 aromatic rings. The lowest BCUT2D eigenvalue weighted by Gasteiger charge is -2.37. The van der Waals surface area contributed by atoms with Gasteiger partial charge in [0.1, 0.15) is 30.4 Å². The molecule has 3 aliphatic heterocycles. The SMILES string of the molecule is CC(C)CC(NC(=O)C(NC(=O)[C@H]1O[C@@H]2OC(C)(C)O[C@@H]2[C@H]2OC(C)(C)O[C@H]21)C(C)C)C(=O)O. The largest absolute Gasteiger partial charge is 0.480 e. The minimum atomic E-state index is -1.12. The van der Waals surface area contributed by atoms with Gasteiger partial charge in [0.15, 0.2) is 24.0 Å². The van der Waals surface area contributed by atoms with Gasteiger partial charge < -0.3 is 39.4 Å². The van der Waals surface area contributed by atoms with E-state index in [2.05, 4.69) is 10.6 Å². The number of carboxylic acid groups (broad SMARTS) is 1. The van der Waals surface area contributed by atoms with E-state index < -0.39 is 72.1 Å². The van der Waals surface area contributed by atoms with Gasteiger partial charge in [0.2, 0.25) is 5.91 Å². The van der Waals surface area contributed by atoms with E-state index in [1.165, 1.54) is 0 Å². The van der Waals surface area contributed by atoms with Gasteiger partial charge >= 0.3 is 5.97 Å². The number of nitrogens with one attached hydrogen (secondary N) is 2. The molecule has 0 spiro atoms. The van der Waals surface area contributed by atoms with Gasteiger partial charge in [-0.2, -0.15) is 0 Å². The lowest BCUT2D eigenvalue weighted by molar-refractivity contribution is -0.231. The number of ether oxygens (including phenoxy) is 5.